The van der Waals surface area contributed by atoms with Crippen LogP contribution in [0.25, 0.3) is 11.0 Å². The number of aldehydes is 1. The van der Waals surface area contributed by atoms with E-state index >= 15 is 0 Å². The molecule has 0 aliphatic heterocycles. The number of alkyl halides is 1. The molecule has 1 unspecified atom stereocenters. The number of hydrogen-bond acceptors (Lipinski definition) is 4. The van der Waals surface area contributed by atoms with Crippen LogP contribution in [-0.4, -0.2) is 20.5 Å². The Balaban J connectivity index is 2.73. The van der Waals surface area contributed by atoms with Crippen LogP contribution < -0.4 is 9.47 Å². The zero-order valence-corrected chi connectivity index (χ0v) is 12.9. The molecular weight excluding hydrogens is 368 g/mol. The van der Waals surface area contributed by atoms with E-state index in [1.807, 2.05) is 0 Å². The summed E-state index contributed by atoms with van der Waals surface area (Å²) in [5.41, 5.74) is 0.590. The third-order valence-electron chi connectivity index (χ3n) is 2.53. The Kier molecular flexibility index (Phi) is 3.97. The maximum absolute atomic E-state index is 10.8. The molecule has 0 bridgehead atoms. The normalized spacial score (nSPS) is 12.4. The van der Waals surface area contributed by atoms with E-state index in [0.29, 0.717) is 27.3 Å². The first-order valence-corrected chi connectivity index (χ1v) is 6.76. The fourth-order valence-corrected chi connectivity index (χ4v) is 2.45. The first kappa shape index (κ1) is 13.4. The van der Waals surface area contributed by atoms with Crippen LogP contribution in [0.15, 0.2) is 21.0 Å². The van der Waals surface area contributed by atoms with Crippen molar-refractivity contribution in [3.05, 3.63) is 22.4 Å². The van der Waals surface area contributed by atoms with Crippen molar-refractivity contribution in [3.8, 4) is 11.5 Å². The number of halogens is 2. The average molecular weight is 378 g/mol. The number of rotatable bonds is 4. The highest BCUT2D eigenvalue weighted by Gasteiger charge is 2.19. The van der Waals surface area contributed by atoms with Crippen LogP contribution in [0.1, 0.15) is 10.6 Å². The lowest BCUT2D eigenvalue weighted by atomic mass is 10.2. The number of carbonyl (C=O) groups is 1. The van der Waals surface area contributed by atoms with Gasteiger partial charge in [-0.3, -0.25) is 0 Å². The van der Waals surface area contributed by atoms with Crippen molar-refractivity contribution in [2.45, 2.75) is 4.83 Å². The van der Waals surface area contributed by atoms with Gasteiger partial charge in [0.25, 0.3) is 0 Å². The third kappa shape index (κ3) is 2.14. The minimum atomic E-state index is -0.479. The summed E-state index contributed by atoms with van der Waals surface area (Å²) in [4.78, 5) is 10.3. The number of ether oxygens (including phenoxy) is 2. The minimum absolute atomic E-state index is 0.479. The summed E-state index contributed by atoms with van der Waals surface area (Å²) in [6, 6.07) is 3.53. The first-order chi connectivity index (χ1) is 8.62. The van der Waals surface area contributed by atoms with Gasteiger partial charge in [-0.1, -0.05) is 15.9 Å². The van der Waals surface area contributed by atoms with Crippen molar-refractivity contribution in [1.29, 1.82) is 0 Å². The minimum Gasteiger partial charge on any atom is -0.496 e. The maximum Gasteiger partial charge on any atom is 0.156 e. The van der Waals surface area contributed by atoms with E-state index in [1.54, 1.807) is 26.4 Å². The molecule has 0 radical (unpaired) electrons. The van der Waals surface area contributed by atoms with Crippen LogP contribution in [0.4, 0.5) is 0 Å². The number of furan rings is 1. The van der Waals surface area contributed by atoms with Gasteiger partial charge in [-0.05, 0) is 22.0 Å². The van der Waals surface area contributed by atoms with Gasteiger partial charge in [-0.25, -0.2) is 0 Å². The summed E-state index contributed by atoms with van der Waals surface area (Å²) in [7, 11) is 3.13. The van der Waals surface area contributed by atoms with Gasteiger partial charge in [0.2, 0.25) is 0 Å². The number of methoxy groups -OCH3 is 2. The molecule has 6 heteroatoms. The molecule has 0 amide bonds. The quantitative estimate of drug-likeness (QED) is 0.599. The molecule has 18 heavy (non-hydrogen) atoms. The van der Waals surface area contributed by atoms with E-state index in [4.69, 9.17) is 13.9 Å². The van der Waals surface area contributed by atoms with Crippen LogP contribution in [0.2, 0.25) is 0 Å². The van der Waals surface area contributed by atoms with E-state index < -0.39 is 4.83 Å². The van der Waals surface area contributed by atoms with Crippen LogP contribution in [-0.2, 0) is 4.79 Å². The maximum atomic E-state index is 10.8. The van der Waals surface area contributed by atoms with Crippen molar-refractivity contribution in [2.75, 3.05) is 14.2 Å². The molecule has 0 spiro atoms. The lowest BCUT2D eigenvalue weighted by Crippen LogP contribution is -1.88. The Bertz CT molecular complexity index is 591. The molecule has 0 aliphatic rings. The fourth-order valence-electron chi connectivity index (χ4n) is 1.65. The van der Waals surface area contributed by atoms with Gasteiger partial charge in [0, 0.05) is 6.07 Å². The van der Waals surface area contributed by atoms with Gasteiger partial charge in [0.1, 0.15) is 32.8 Å². The van der Waals surface area contributed by atoms with E-state index in [-0.39, 0.29) is 0 Å². The molecule has 2 aromatic rings. The first-order valence-electron chi connectivity index (χ1n) is 5.05. The molecule has 1 aromatic carbocycles. The second kappa shape index (κ2) is 5.32. The number of benzene rings is 1. The van der Waals surface area contributed by atoms with E-state index in [2.05, 4.69) is 31.9 Å². The van der Waals surface area contributed by atoms with Gasteiger partial charge < -0.3 is 18.7 Å². The number of fused-ring (bicyclic) bond motifs is 1. The molecule has 2 rings (SSSR count). The molecule has 1 aromatic heterocycles. The fraction of sp³-hybridized carbons (Fsp3) is 0.250. The van der Waals surface area contributed by atoms with Gasteiger partial charge >= 0.3 is 0 Å². The van der Waals surface area contributed by atoms with Crippen molar-refractivity contribution in [1.82, 2.24) is 0 Å². The van der Waals surface area contributed by atoms with E-state index in [0.717, 1.165) is 11.7 Å². The third-order valence-corrected chi connectivity index (χ3v) is 3.94. The Morgan fingerprint density at radius 3 is 2.50 bits per heavy atom. The highest BCUT2D eigenvalue weighted by Crippen LogP contribution is 2.42. The molecule has 4 nitrogen and oxygen atoms in total. The zero-order chi connectivity index (χ0) is 13.3. The number of carbonyl (C=O) groups excluding carboxylic acids is 1. The van der Waals surface area contributed by atoms with Gasteiger partial charge in [-0.2, -0.15) is 0 Å². The summed E-state index contributed by atoms with van der Waals surface area (Å²) < 4.78 is 16.9. The SMILES string of the molecule is COc1cc(OC)c2cc(C(Br)C=O)oc2c1Br. The van der Waals surface area contributed by atoms with E-state index in [1.165, 1.54) is 0 Å². The second-order valence-electron chi connectivity index (χ2n) is 3.52. The second-order valence-corrected chi connectivity index (χ2v) is 5.30. The highest BCUT2D eigenvalue weighted by atomic mass is 79.9. The molecule has 0 fully saturated rings. The van der Waals surface area contributed by atoms with Crippen molar-refractivity contribution < 1.29 is 18.7 Å². The van der Waals surface area contributed by atoms with Gasteiger partial charge in [0.05, 0.1) is 19.6 Å². The topological polar surface area (TPSA) is 48.7 Å². The Morgan fingerprint density at radius 2 is 1.94 bits per heavy atom. The monoisotopic (exact) mass is 376 g/mol. The van der Waals surface area contributed by atoms with Crippen molar-refractivity contribution in [2.24, 2.45) is 0 Å². The number of hydrogen-bond donors (Lipinski definition) is 0. The molecule has 0 aliphatic carbocycles. The smallest absolute Gasteiger partial charge is 0.156 e. The summed E-state index contributed by atoms with van der Waals surface area (Å²) in [6.45, 7) is 0. The van der Waals surface area contributed by atoms with Crippen molar-refractivity contribution >= 4 is 49.1 Å². The zero-order valence-electron chi connectivity index (χ0n) is 9.70. The molecule has 1 atom stereocenters. The molecule has 96 valence electrons. The predicted octanol–water partition coefficient (Wildman–Crippen LogP) is 3.85. The standard InChI is InChI=1S/C12H10Br2O4/c1-16-8-4-10(17-2)11(14)12-6(8)3-9(18-12)7(13)5-15/h3-5,7H,1-2H3. The molecule has 0 saturated carbocycles. The molecular formula is C12H10Br2O4. The molecule has 1 heterocycles. The van der Waals surface area contributed by atoms with E-state index in [9.17, 15) is 4.79 Å². The highest BCUT2D eigenvalue weighted by molar-refractivity contribution is 9.10. The summed E-state index contributed by atoms with van der Waals surface area (Å²) in [6.07, 6.45) is 0.759. The lowest BCUT2D eigenvalue weighted by molar-refractivity contribution is -0.107. The molecule has 0 N–H and O–H groups in total. The van der Waals surface area contributed by atoms with Crippen LogP contribution in [0.3, 0.4) is 0 Å². The summed E-state index contributed by atoms with van der Waals surface area (Å²) in [5, 5.41) is 0.784. The van der Waals surface area contributed by atoms with Gasteiger partial charge in [0.15, 0.2) is 5.58 Å². The average Bonchev–Trinajstić information content (AvgIpc) is 2.84. The Hall–Kier alpha value is -1.01. The lowest BCUT2D eigenvalue weighted by Gasteiger charge is -2.07. The molecule has 0 saturated heterocycles. The Labute approximate surface area is 120 Å². The van der Waals surface area contributed by atoms with Gasteiger partial charge in [-0.15, -0.1) is 0 Å². The van der Waals surface area contributed by atoms with Crippen LogP contribution in [0.5, 0.6) is 11.5 Å². The van der Waals surface area contributed by atoms with Crippen molar-refractivity contribution in [3.63, 3.8) is 0 Å². The predicted molar refractivity (Wildman–Crippen MR) is 74.8 cm³/mol. The largest absolute Gasteiger partial charge is 0.496 e. The summed E-state index contributed by atoms with van der Waals surface area (Å²) in [5.74, 6) is 1.76. The summed E-state index contributed by atoms with van der Waals surface area (Å²) >= 11 is 6.63. The van der Waals surface area contributed by atoms with Crippen LogP contribution >= 0.6 is 31.9 Å². The van der Waals surface area contributed by atoms with Crippen LogP contribution in [0, 0.1) is 0 Å². The Morgan fingerprint density at radius 1 is 1.28 bits per heavy atom.